The average Bonchev–Trinajstić information content (AvgIpc) is 2.80. The lowest BCUT2D eigenvalue weighted by molar-refractivity contribution is 0.0923. The van der Waals surface area contributed by atoms with Crippen LogP contribution in [0.1, 0.15) is 43.0 Å². The monoisotopic (exact) mass is 289 g/mol. The summed E-state index contributed by atoms with van der Waals surface area (Å²) in [5.74, 6) is 0.804. The summed E-state index contributed by atoms with van der Waals surface area (Å²) in [6, 6.07) is 5.88. The number of hydrogen-bond acceptors (Lipinski definition) is 4. The molecule has 0 radical (unpaired) electrons. The van der Waals surface area contributed by atoms with E-state index in [9.17, 15) is 4.79 Å². The molecule has 3 rings (SSSR count). The largest absolute Gasteiger partial charge is 0.375 e. The Hall–Kier alpha value is -1.62. The summed E-state index contributed by atoms with van der Waals surface area (Å²) in [5, 5.41) is 3.68. The van der Waals surface area contributed by atoms with E-state index in [0.29, 0.717) is 16.7 Å². The molecule has 1 heterocycles. The van der Waals surface area contributed by atoms with Crippen LogP contribution < -0.4 is 11.1 Å². The van der Waals surface area contributed by atoms with Crippen molar-refractivity contribution >= 4 is 32.6 Å². The first kappa shape index (κ1) is 13.4. The van der Waals surface area contributed by atoms with Crippen molar-refractivity contribution in [1.29, 1.82) is 0 Å². The van der Waals surface area contributed by atoms with E-state index in [1.165, 1.54) is 24.2 Å². The first-order valence-electron chi connectivity index (χ1n) is 7.09. The van der Waals surface area contributed by atoms with Gasteiger partial charge >= 0.3 is 0 Å². The van der Waals surface area contributed by atoms with Crippen LogP contribution in [0.4, 0.5) is 5.13 Å². The van der Waals surface area contributed by atoms with Gasteiger partial charge in [0.2, 0.25) is 0 Å². The van der Waals surface area contributed by atoms with Crippen molar-refractivity contribution in [1.82, 2.24) is 10.3 Å². The summed E-state index contributed by atoms with van der Waals surface area (Å²) in [4.78, 5) is 16.5. The number of amides is 1. The number of hydrogen-bond donors (Lipinski definition) is 2. The fourth-order valence-electron chi connectivity index (χ4n) is 2.76. The van der Waals surface area contributed by atoms with E-state index in [1.54, 1.807) is 0 Å². The maximum Gasteiger partial charge on any atom is 0.251 e. The minimum atomic E-state index is 0.0124. The molecular formula is C15H19N3OS. The van der Waals surface area contributed by atoms with E-state index in [4.69, 9.17) is 5.73 Å². The number of benzene rings is 1. The molecule has 20 heavy (non-hydrogen) atoms. The zero-order valence-corrected chi connectivity index (χ0v) is 12.4. The summed E-state index contributed by atoms with van der Waals surface area (Å²) in [5.41, 5.74) is 7.24. The number of fused-ring (bicyclic) bond motifs is 1. The van der Waals surface area contributed by atoms with Crippen molar-refractivity contribution in [3.63, 3.8) is 0 Å². The molecule has 1 aliphatic rings. The molecule has 5 heteroatoms. The molecule has 0 aliphatic heterocycles. The van der Waals surface area contributed by atoms with Crippen LogP contribution in [0.15, 0.2) is 18.2 Å². The summed E-state index contributed by atoms with van der Waals surface area (Å²) in [7, 11) is 0. The quantitative estimate of drug-likeness (QED) is 0.892. The number of rotatable bonds is 2. The maximum atomic E-state index is 12.3. The van der Waals surface area contributed by atoms with Gasteiger partial charge in [0, 0.05) is 11.6 Å². The zero-order valence-electron chi connectivity index (χ0n) is 11.6. The molecule has 4 nitrogen and oxygen atoms in total. The van der Waals surface area contributed by atoms with Crippen LogP contribution in [0.2, 0.25) is 0 Å². The second-order valence-electron chi connectivity index (χ2n) is 5.66. The smallest absolute Gasteiger partial charge is 0.251 e. The Morgan fingerprint density at radius 1 is 1.35 bits per heavy atom. The predicted octanol–water partition coefficient (Wildman–Crippen LogP) is 3.19. The molecule has 0 atom stereocenters. The summed E-state index contributed by atoms with van der Waals surface area (Å²) in [6.07, 6.45) is 4.58. The molecule has 1 aliphatic carbocycles. The fourth-order valence-corrected chi connectivity index (χ4v) is 3.53. The van der Waals surface area contributed by atoms with Crippen molar-refractivity contribution in [2.24, 2.45) is 5.92 Å². The summed E-state index contributed by atoms with van der Waals surface area (Å²) < 4.78 is 0.965. The van der Waals surface area contributed by atoms with E-state index in [2.05, 4.69) is 17.2 Å². The first-order chi connectivity index (χ1) is 9.61. The third-order valence-corrected chi connectivity index (χ3v) is 4.87. The van der Waals surface area contributed by atoms with E-state index < -0.39 is 0 Å². The molecule has 1 saturated carbocycles. The molecule has 1 aromatic heterocycles. The minimum Gasteiger partial charge on any atom is -0.375 e. The Kier molecular flexibility index (Phi) is 3.61. The Bertz CT molecular complexity index is 629. The minimum absolute atomic E-state index is 0.0124. The lowest BCUT2D eigenvalue weighted by Crippen LogP contribution is -2.37. The van der Waals surface area contributed by atoms with Gasteiger partial charge in [0.15, 0.2) is 5.13 Å². The number of anilines is 1. The molecule has 0 saturated heterocycles. The lowest BCUT2D eigenvalue weighted by Gasteiger charge is -2.26. The maximum absolute atomic E-state index is 12.3. The first-order valence-corrected chi connectivity index (χ1v) is 7.90. The van der Waals surface area contributed by atoms with Crippen molar-refractivity contribution < 1.29 is 4.79 Å². The van der Waals surface area contributed by atoms with Crippen LogP contribution in [0, 0.1) is 5.92 Å². The van der Waals surface area contributed by atoms with E-state index in [0.717, 1.165) is 29.0 Å². The molecule has 0 bridgehead atoms. The fraction of sp³-hybridized carbons (Fsp3) is 0.467. The van der Waals surface area contributed by atoms with Gasteiger partial charge in [-0.15, -0.1) is 0 Å². The van der Waals surface area contributed by atoms with Crippen LogP contribution in [0.25, 0.3) is 10.2 Å². The number of thiazole rings is 1. The number of nitrogens with one attached hydrogen (secondary N) is 1. The zero-order chi connectivity index (χ0) is 14.1. The van der Waals surface area contributed by atoms with Crippen LogP contribution in [0.5, 0.6) is 0 Å². The standard InChI is InChI=1S/C15H19N3OS/c1-9-2-5-11(6-3-9)17-14(19)10-4-7-12-13(8-10)20-15(16)18-12/h4,7-9,11H,2-3,5-6H2,1H3,(H2,16,18)(H,17,19). The van der Waals surface area contributed by atoms with Crippen LogP contribution in [-0.4, -0.2) is 16.9 Å². The van der Waals surface area contributed by atoms with Crippen LogP contribution >= 0.6 is 11.3 Å². The normalized spacial score (nSPS) is 22.9. The van der Waals surface area contributed by atoms with Crippen molar-refractivity contribution in [2.45, 2.75) is 38.6 Å². The SMILES string of the molecule is CC1CCC(NC(=O)c2ccc3nc(N)sc3c2)CC1. The van der Waals surface area contributed by atoms with E-state index in [1.807, 2.05) is 18.2 Å². The average molecular weight is 289 g/mol. The van der Waals surface area contributed by atoms with Crippen molar-refractivity contribution in [2.75, 3.05) is 5.73 Å². The molecule has 1 aromatic carbocycles. The van der Waals surface area contributed by atoms with Crippen LogP contribution in [-0.2, 0) is 0 Å². The molecule has 0 spiro atoms. The van der Waals surface area contributed by atoms with E-state index >= 15 is 0 Å². The van der Waals surface area contributed by atoms with Crippen LogP contribution in [0.3, 0.4) is 0 Å². The molecule has 1 fully saturated rings. The summed E-state index contributed by atoms with van der Waals surface area (Å²) in [6.45, 7) is 2.28. The predicted molar refractivity (Wildman–Crippen MR) is 82.9 cm³/mol. The van der Waals surface area contributed by atoms with Crippen molar-refractivity contribution in [3.8, 4) is 0 Å². The highest BCUT2D eigenvalue weighted by Gasteiger charge is 2.20. The topological polar surface area (TPSA) is 68.0 Å². The Balaban J connectivity index is 1.71. The highest BCUT2D eigenvalue weighted by Crippen LogP contribution is 2.26. The third kappa shape index (κ3) is 2.77. The lowest BCUT2D eigenvalue weighted by atomic mass is 9.87. The number of carbonyl (C=O) groups is 1. The number of carbonyl (C=O) groups excluding carboxylic acids is 1. The molecule has 106 valence electrons. The third-order valence-electron chi connectivity index (χ3n) is 4.02. The van der Waals surface area contributed by atoms with Gasteiger partial charge in [-0.2, -0.15) is 0 Å². The van der Waals surface area contributed by atoms with Gasteiger partial charge in [0.25, 0.3) is 5.91 Å². The van der Waals surface area contributed by atoms with Gasteiger partial charge < -0.3 is 11.1 Å². The van der Waals surface area contributed by atoms with Gasteiger partial charge in [-0.3, -0.25) is 4.79 Å². The molecule has 2 aromatic rings. The Morgan fingerprint density at radius 3 is 2.85 bits per heavy atom. The van der Waals surface area contributed by atoms with Gasteiger partial charge in [-0.05, 0) is 49.8 Å². The molecule has 3 N–H and O–H groups in total. The second kappa shape index (κ2) is 5.40. The van der Waals surface area contributed by atoms with Gasteiger partial charge in [-0.1, -0.05) is 18.3 Å². The number of nitrogens with zero attached hydrogens (tertiary/aromatic N) is 1. The van der Waals surface area contributed by atoms with Gasteiger partial charge in [0.1, 0.15) is 0 Å². The van der Waals surface area contributed by atoms with E-state index in [-0.39, 0.29) is 5.91 Å². The Labute approximate surface area is 122 Å². The molecule has 0 unspecified atom stereocenters. The molecule has 1 amide bonds. The van der Waals surface area contributed by atoms with Gasteiger partial charge in [-0.25, -0.2) is 4.98 Å². The number of nitrogen functional groups attached to an aromatic ring is 1. The number of nitrogens with two attached hydrogens (primary N) is 1. The molecular weight excluding hydrogens is 270 g/mol. The highest BCUT2D eigenvalue weighted by atomic mass is 32.1. The number of aromatic nitrogens is 1. The Morgan fingerprint density at radius 2 is 2.10 bits per heavy atom. The highest BCUT2D eigenvalue weighted by molar-refractivity contribution is 7.22. The second-order valence-corrected chi connectivity index (χ2v) is 6.73. The summed E-state index contributed by atoms with van der Waals surface area (Å²) >= 11 is 1.42. The van der Waals surface area contributed by atoms with Gasteiger partial charge in [0.05, 0.1) is 10.2 Å². The van der Waals surface area contributed by atoms with Crippen molar-refractivity contribution in [3.05, 3.63) is 23.8 Å².